The van der Waals surface area contributed by atoms with Crippen LogP contribution in [0.5, 0.6) is 11.5 Å². The zero-order chi connectivity index (χ0) is 17.6. The van der Waals surface area contributed by atoms with Gasteiger partial charge in [0.25, 0.3) is 0 Å². The summed E-state index contributed by atoms with van der Waals surface area (Å²) in [5, 5.41) is 21.9. The Bertz CT molecular complexity index is 831. The second-order valence-corrected chi connectivity index (χ2v) is 5.58. The number of aromatic hydroxyl groups is 2. The molecule has 5 nitrogen and oxygen atoms in total. The van der Waals surface area contributed by atoms with Crippen LogP contribution in [0.2, 0.25) is 0 Å². The summed E-state index contributed by atoms with van der Waals surface area (Å²) >= 11 is 0. The predicted molar refractivity (Wildman–Crippen MR) is 97.9 cm³/mol. The fourth-order valence-corrected chi connectivity index (χ4v) is 2.51. The summed E-state index contributed by atoms with van der Waals surface area (Å²) in [6, 6.07) is 22.6. The van der Waals surface area contributed by atoms with Gasteiger partial charge in [-0.05, 0) is 17.7 Å². The summed E-state index contributed by atoms with van der Waals surface area (Å²) in [5.74, 6) is -0.241. The van der Waals surface area contributed by atoms with Crippen molar-refractivity contribution < 1.29 is 15.0 Å². The van der Waals surface area contributed by atoms with Crippen LogP contribution in [0.15, 0.2) is 78.9 Å². The minimum Gasteiger partial charge on any atom is -0.508 e. The molecule has 0 heterocycles. The molecule has 0 radical (unpaired) electrons. The van der Waals surface area contributed by atoms with Crippen LogP contribution in [0, 0.1) is 0 Å². The third-order valence-electron chi connectivity index (χ3n) is 3.65. The average Bonchev–Trinajstić information content (AvgIpc) is 2.60. The summed E-state index contributed by atoms with van der Waals surface area (Å²) in [7, 11) is 0. The van der Waals surface area contributed by atoms with Crippen molar-refractivity contribution in [3.05, 3.63) is 84.4 Å². The maximum Gasteiger partial charge on any atom is 0.326 e. The molecular formula is C20H18N2O3. The summed E-state index contributed by atoms with van der Waals surface area (Å²) in [4.78, 5) is 14.4. The second-order valence-electron chi connectivity index (χ2n) is 5.58. The topological polar surface area (TPSA) is 72.8 Å². The van der Waals surface area contributed by atoms with E-state index in [-0.39, 0.29) is 17.5 Å². The first-order chi connectivity index (χ1) is 12.1. The lowest BCUT2D eigenvalue weighted by Gasteiger charge is -2.23. The lowest BCUT2D eigenvalue weighted by Crippen LogP contribution is -2.34. The van der Waals surface area contributed by atoms with Gasteiger partial charge in [-0.1, -0.05) is 48.5 Å². The first kappa shape index (κ1) is 16.4. The van der Waals surface area contributed by atoms with Crippen molar-refractivity contribution in [2.45, 2.75) is 6.54 Å². The molecule has 0 spiro atoms. The van der Waals surface area contributed by atoms with Gasteiger partial charge >= 0.3 is 6.03 Å². The van der Waals surface area contributed by atoms with E-state index in [1.807, 2.05) is 60.7 Å². The van der Waals surface area contributed by atoms with Crippen molar-refractivity contribution in [1.82, 2.24) is 0 Å². The fourth-order valence-electron chi connectivity index (χ4n) is 2.51. The lowest BCUT2D eigenvalue weighted by molar-refractivity contribution is 0.256. The number of nitrogens with zero attached hydrogens (tertiary/aromatic N) is 1. The van der Waals surface area contributed by atoms with Crippen LogP contribution in [0.25, 0.3) is 0 Å². The van der Waals surface area contributed by atoms with E-state index in [9.17, 15) is 15.0 Å². The summed E-state index contributed by atoms with van der Waals surface area (Å²) in [6.07, 6.45) is 0. The van der Waals surface area contributed by atoms with Crippen LogP contribution in [0.4, 0.5) is 16.2 Å². The molecule has 3 aromatic rings. The maximum atomic E-state index is 12.8. The molecule has 3 N–H and O–H groups in total. The van der Waals surface area contributed by atoms with Gasteiger partial charge in [0.05, 0.1) is 6.54 Å². The first-order valence-electron chi connectivity index (χ1n) is 7.82. The Morgan fingerprint density at radius 3 is 2.00 bits per heavy atom. The van der Waals surface area contributed by atoms with Gasteiger partial charge in [0.1, 0.15) is 11.5 Å². The minimum absolute atomic E-state index is 0.121. The molecule has 0 atom stereocenters. The summed E-state index contributed by atoms with van der Waals surface area (Å²) in [6.45, 7) is 0.390. The van der Waals surface area contributed by atoms with E-state index in [0.717, 1.165) is 11.3 Å². The lowest BCUT2D eigenvalue weighted by atomic mass is 10.2. The Hall–Kier alpha value is -3.47. The molecule has 5 heteroatoms. The van der Waals surface area contributed by atoms with Crippen molar-refractivity contribution >= 4 is 17.4 Å². The number of hydrogen-bond donors (Lipinski definition) is 3. The van der Waals surface area contributed by atoms with E-state index in [0.29, 0.717) is 12.2 Å². The standard InChI is InChI=1S/C20H18N2O3/c23-18-11-16(12-19(24)13-18)21-20(25)22(17-9-5-2-6-10-17)14-15-7-3-1-4-8-15/h1-13,23-24H,14H2,(H,21,25). The fraction of sp³-hybridized carbons (Fsp3) is 0.0500. The number of carbonyl (C=O) groups is 1. The van der Waals surface area contributed by atoms with Crippen LogP contribution in [0.3, 0.4) is 0 Å². The minimum atomic E-state index is -0.361. The van der Waals surface area contributed by atoms with E-state index in [1.54, 1.807) is 4.90 Å². The van der Waals surface area contributed by atoms with Crippen molar-refractivity contribution in [3.8, 4) is 11.5 Å². The number of carbonyl (C=O) groups excluding carboxylic acids is 1. The SMILES string of the molecule is O=C(Nc1cc(O)cc(O)c1)N(Cc1ccccc1)c1ccccc1. The number of amides is 2. The van der Waals surface area contributed by atoms with Gasteiger partial charge < -0.3 is 15.5 Å². The molecule has 0 bridgehead atoms. The van der Waals surface area contributed by atoms with Crippen LogP contribution in [-0.2, 0) is 6.54 Å². The summed E-state index contributed by atoms with van der Waals surface area (Å²) < 4.78 is 0. The predicted octanol–water partition coefficient (Wildman–Crippen LogP) is 4.34. The van der Waals surface area contributed by atoms with Crippen LogP contribution < -0.4 is 10.2 Å². The third-order valence-corrected chi connectivity index (χ3v) is 3.65. The van der Waals surface area contributed by atoms with Crippen LogP contribution in [0.1, 0.15) is 5.56 Å². The van der Waals surface area contributed by atoms with Gasteiger partial charge in [-0.15, -0.1) is 0 Å². The van der Waals surface area contributed by atoms with Crippen molar-refractivity contribution in [3.63, 3.8) is 0 Å². The van der Waals surface area contributed by atoms with Crippen molar-refractivity contribution in [2.24, 2.45) is 0 Å². The van der Waals surface area contributed by atoms with Crippen molar-refractivity contribution in [1.29, 1.82) is 0 Å². The van der Waals surface area contributed by atoms with Gasteiger partial charge in [0, 0.05) is 29.6 Å². The Kier molecular flexibility index (Phi) is 4.85. The number of rotatable bonds is 4. The zero-order valence-corrected chi connectivity index (χ0v) is 13.5. The number of phenols is 2. The number of anilines is 2. The highest BCUT2D eigenvalue weighted by Crippen LogP contribution is 2.25. The highest BCUT2D eigenvalue weighted by molar-refractivity contribution is 6.01. The van der Waals surface area contributed by atoms with E-state index in [2.05, 4.69) is 5.32 Å². The molecule has 3 aromatic carbocycles. The quantitative estimate of drug-likeness (QED) is 0.664. The highest BCUT2D eigenvalue weighted by atomic mass is 16.3. The van der Waals surface area contributed by atoms with E-state index < -0.39 is 0 Å². The molecule has 25 heavy (non-hydrogen) atoms. The molecule has 3 rings (SSSR count). The van der Waals surface area contributed by atoms with Crippen LogP contribution >= 0.6 is 0 Å². The number of para-hydroxylation sites is 1. The van der Waals surface area contributed by atoms with E-state index >= 15 is 0 Å². The molecule has 0 aromatic heterocycles. The average molecular weight is 334 g/mol. The van der Waals surface area contributed by atoms with Gasteiger partial charge in [-0.2, -0.15) is 0 Å². The Morgan fingerprint density at radius 2 is 1.40 bits per heavy atom. The number of benzene rings is 3. The maximum absolute atomic E-state index is 12.8. The molecule has 126 valence electrons. The third kappa shape index (κ3) is 4.29. The van der Waals surface area contributed by atoms with Gasteiger partial charge in [-0.25, -0.2) is 4.79 Å². The molecule has 0 aliphatic carbocycles. The van der Waals surface area contributed by atoms with Gasteiger partial charge in [0.2, 0.25) is 0 Å². The van der Waals surface area contributed by atoms with E-state index in [4.69, 9.17) is 0 Å². The number of hydrogen-bond acceptors (Lipinski definition) is 3. The summed E-state index contributed by atoms with van der Waals surface area (Å²) in [5.41, 5.74) is 2.05. The molecular weight excluding hydrogens is 316 g/mol. The molecule has 0 saturated carbocycles. The largest absolute Gasteiger partial charge is 0.508 e. The molecule has 0 saturated heterocycles. The monoisotopic (exact) mass is 334 g/mol. The molecule has 0 aliphatic rings. The highest BCUT2D eigenvalue weighted by Gasteiger charge is 2.16. The normalized spacial score (nSPS) is 10.2. The first-order valence-corrected chi connectivity index (χ1v) is 7.82. The molecule has 0 unspecified atom stereocenters. The Labute approximate surface area is 145 Å². The number of urea groups is 1. The van der Waals surface area contributed by atoms with Crippen LogP contribution in [-0.4, -0.2) is 16.2 Å². The van der Waals surface area contributed by atoms with Crippen molar-refractivity contribution in [2.75, 3.05) is 10.2 Å². The molecule has 0 fully saturated rings. The van der Waals surface area contributed by atoms with E-state index in [1.165, 1.54) is 18.2 Å². The van der Waals surface area contributed by atoms with Gasteiger partial charge in [-0.3, -0.25) is 4.90 Å². The zero-order valence-electron chi connectivity index (χ0n) is 13.5. The number of phenolic OH excluding ortho intramolecular Hbond substituents is 2. The smallest absolute Gasteiger partial charge is 0.326 e. The number of nitrogens with one attached hydrogen (secondary N) is 1. The molecule has 0 aliphatic heterocycles. The Morgan fingerprint density at radius 1 is 0.840 bits per heavy atom. The molecule has 2 amide bonds. The van der Waals surface area contributed by atoms with Gasteiger partial charge in [0.15, 0.2) is 0 Å². The second kappa shape index (κ2) is 7.40. The Balaban J connectivity index is 1.86.